The minimum absolute atomic E-state index is 0.0198. The van der Waals surface area contributed by atoms with Gasteiger partial charge in [0.2, 0.25) is 5.91 Å². The molecule has 0 radical (unpaired) electrons. The zero-order valence-electron chi connectivity index (χ0n) is 12.3. The molecule has 0 spiro atoms. The average molecular weight is 360 g/mol. The van der Waals surface area contributed by atoms with E-state index in [-0.39, 0.29) is 34.6 Å². The molecule has 1 amide bonds. The molecule has 1 aromatic rings. The molecule has 8 heteroatoms. The molecule has 5 unspecified atom stereocenters. The maximum Gasteiger partial charge on any atom is 0.416 e. The first-order chi connectivity index (χ1) is 11.3. The third-order valence-corrected chi connectivity index (χ3v) is 5.67. The van der Waals surface area contributed by atoms with Crippen LogP contribution in [0.25, 0.3) is 0 Å². The largest absolute Gasteiger partial charge is 0.462 e. The van der Waals surface area contributed by atoms with Crippen LogP contribution in [0.4, 0.5) is 18.9 Å². The van der Waals surface area contributed by atoms with Crippen molar-refractivity contribution in [3.05, 3.63) is 28.8 Å². The summed E-state index contributed by atoms with van der Waals surface area (Å²) >= 11 is 5.91. The van der Waals surface area contributed by atoms with E-state index >= 15 is 0 Å². The molecule has 3 fully saturated rings. The normalized spacial score (nSPS) is 33.7. The van der Waals surface area contributed by atoms with Crippen LogP contribution in [0.3, 0.4) is 0 Å². The summed E-state index contributed by atoms with van der Waals surface area (Å²) in [5, 5.41) is 2.49. The van der Waals surface area contributed by atoms with Gasteiger partial charge in [0.1, 0.15) is 6.10 Å². The molecule has 4 rings (SSSR count). The van der Waals surface area contributed by atoms with Gasteiger partial charge in [0.25, 0.3) is 0 Å². The maximum atomic E-state index is 12.8. The van der Waals surface area contributed by atoms with E-state index in [9.17, 15) is 22.8 Å². The molecule has 4 nitrogen and oxygen atoms in total. The van der Waals surface area contributed by atoms with E-state index in [2.05, 4.69) is 5.32 Å². The minimum atomic E-state index is -4.53. The molecule has 2 bridgehead atoms. The number of esters is 1. The summed E-state index contributed by atoms with van der Waals surface area (Å²) in [6.45, 7) is 0. The van der Waals surface area contributed by atoms with Crippen LogP contribution in [-0.2, 0) is 20.5 Å². The average Bonchev–Trinajstić information content (AvgIpc) is 3.09. The second-order valence-corrected chi connectivity index (χ2v) is 7.01. The molecule has 24 heavy (non-hydrogen) atoms. The van der Waals surface area contributed by atoms with Crippen molar-refractivity contribution in [2.75, 3.05) is 5.32 Å². The van der Waals surface area contributed by atoms with E-state index in [0.29, 0.717) is 6.42 Å². The van der Waals surface area contributed by atoms with Crippen LogP contribution in [0, 0.1) is 23.7 Å². The number of rotatable bonds is 2. The SMILES string of the molecule is O=C(Nc1cc(C(F)(F)F)ccc1Cl)C1C2CC3OC(=O)C1C3C2. The number of nitrogens with one attached hydrogen (secondary N) is 1. The highest BCUT2D eigenvalue weighted by Crippen LogP contribution is 2.57. The molecule has 5 atom stereocenters. The van der Waals surface area contributed by atoms with Gasteiger partial charge in [-0.3, -0.25) is 9.59 Å². The van der Waals surface area contributed by atoms with Crippen molar-refractivity contribution in [2.45, 2.75) is 25.1 Å². The molecule has 2 aliphatic carbocycles. The van der Waals surface area contributed by atoms with Gasteiger partial charge in [-0.15, -0.1) is 0 Å². The number of halogens is 4. The Balaban J connectivity index is 1.58. The number of hydrogen-bond acceptors (Lipinski definition) is 3. The summed E-state index contributed by atoms with van der Waals surface area (Å²) in [5.74, 6) is -1.81. The Morgan fingerprint density at radius 2 is 2.04 bits per heavy atom. The molecular formula is C16H13ClF3NO3. The van der Waals surface area contributed by atoms with Gasteiger partial charge >= 0.3 is 12.1 Å². The van der Waals surface area contributed by atoms with Crippen LogP contribution in [0.5, 0.6) is 0 Å². The van der Waals surface area contributed by atoms with E-state index in [1.807, 2.05) is 0 Å². The van der Waals surface area contributed by atoms with Gasteiger partial charge in [-0.1, -0.05) is 11.6 Å². The van der Waals surface area contributed by atoms with Crippen LogP contribution in [-0.4, -0.2) is 18.0 Å². The third-order valence-electron chi connectivity index (χ3n) is 5.34. The molecule has 1 aromatic carbocycles. The number of carbonyl (C=O) groups is 2. The Labute approximate surface area is 140 Å². The van der Waals surface area contributed by atoms with Crippen molar-refractivity contribution in [1.82, 2.24) is 0 Å². The van der Waals surface area contributed by atoms with Crippen molar-refractivity contribution in [3.63, 3.8) is 0 Å². The number of hydrogen-bond donors (Lipinski definition) is 1. The summed E-state index contributed by atoms with van der Waals surface area (Å²) in [4.78, 5) is 24.5. The van der Waals surface area contributed by atoms with Gasteiger partial charge in [-0.05, 0) is 37.0 Å². The van der Waals surface area contributed by atoms with Crippen molar-refractivity contribution in [2.24, 2.45) is 23.7 Å². The number of carbonyl (C=O) groups excluding carboxylic acids is 2. The summed E-state index contributed by atoms with van der Waals surface area (Å²) in [5.41, 5.74) is -0.988. The van der Waals surface area contributed by atoms with E-state index < -0.39 is 29.5 Å². The van der Waals surface area contributed by atoms with Crippen molar-refractivity contribution < 1.29 is 27.5 Å². The molecule has 1 N–H and O–H groups in total. The lowest BCUT2D eigenvalue weighted by Gasteiger charge is -2.24. The Bertz CT molecular complexity index is 734. The second kappa shape index (κ2) is 5.12. The van der Waals surface area contributed by atoms with E-state index in [0.717, 1.165) is 24.6 Å². The Morgan fingerprint density at radius 3 is 2.75 bits per heavy atom. The molecule has 0 aromatic heterocycles. The van der Waals surface area contributed by atoms with Crippen molar-refractivity contribution in [1.29, 1.82) is 0 Å². The molecule has 3 aliphatic rings. The lowest BCUT2D eigenvalue weighted by molar-refractivity contribution is -0.145. The zero-order valence-corrected chi connectivity index (χ0v) is 13.0. The number of amides is 1. The van der Waals surface area contributed by atoms with Gasteiger partial charge in [-0.2, -0.15) is 13.2 Å². The van der Waals surface area contributed by atoms with E-state index in [1.165, 1.54) is 0 Å². The Kier molecular flexibility index (Phi) is 3.36. The molecule has 1 aliphatic heterocycles. The third kappa shape index (κ3) is 2.29. The Hall–Kier alpha value is -1.76. The summed E-state index contributed by atoms with van der Waals surface area (Å²) < 4.78 is 43.7. The smallest absolute Gasteiger partial charge is 0.416 e. The second-order valence-electron chi connectivity index (χ2n) is 6.60. The number of alkyl halides is 3. The molecule has 2 saturated carbocycles. The fourth-order valence-electron chi connectivity index (χ4n) is 4.38. The van der Waals surface area contributed by atoms with Crippen LogP contribution in [0.2, 0.25) is 5.02 Å². The topological polar surface area (TPSA) is 55.4 Å². The van der Waals surface area contributed by atoms with Gasteiger partial charge in [0, 0.05) is 5.92 Å². The summed E-state index contributed by atoms with van der Waals surface area (Å²) in [7, 11) is 0. The molecular weight excluding hydrogens is 347 g/mol. The van der Waals surface area contributed by atoms with Crippen LogP contribution in [0.1, 0.15) is 18.4 Å². The number of benzene rings is 1. The quantitative estimate of drug-likeness (QED) is 0.822. The predicted octanol–water partition coefficient (Wildman–Crippen LogP) is 3.49. The van der Waals surface area contributed by atoms with Crippen molar-refractivity contribution >= 4 is 29.2 Å². The summed E-state index contributed by atoms with van der Waals surface area (Å²) in [6.07, 6.45) is -3.25. The molecule has 1 heterocycles. The zero-order chi connectivity index (χ0) is 17.2. The van der Waals surface area contributed by atoms with Crippen LogP contribution in [0.15, 0.2) is 18.2 Å². The lowest BCUT2D eigenvalue weighted by Crippen LogP contribution is -2.36. The van der Waals surface area contributed by atoms with Gasteiger partial charge < -0.3 is 10.1 Å². The van der Waals surface area contributed by atoms with Gasteiger partial charge in [0.05, 0.1) is 28.1 Å². The highest BCUT2D eigenvalue weighted by molar-refractivity contribution is 6.33. The fraction of sp³-hybridized carbons (Fsp3) is 0.500. The van der Waals surface area contributed by atoms with Crippen molar-refractivity contribution in [3.8, 4) is 0 Å². The number of anilines is 1. The number of fused-ring (bicyclic) bond motifs is 1. The van der Waals surface area contributed by atoms with E-state index in [1.54, 1.807) is 0 Å². The van der Waals surface area contributed by atoms with Crippen LogP contribution >= 0.6 is 11.6 Å². The lowest BCUT2D eigenvalue weighted by atomic mass is 9.79. The predicted molar refractivity (Wildman–Crippen MR) is 78.2 cm³/mol. The van der Waals surface area contributed by atoms with E-state index in [4.69, 9.17) is 16.3 Å². The number of ether oxygens (including phenoxy) is 1. The molecule has 128 valence electrons. The standard InChI is InChI=1S/C16H13ClF3NO3/c17-9-2-1-7(16(18,19)20)5-10(9)21-14(22)12-6-3-8-11(4-6)24-15(23)13(8)12/h1-2,5-6,8,11-13H,3-4H2,(H,21,22). The first-order valence-corrected chi connectivity index (χ1v) is 8.01. The van der Waals surface area contributed by atoms with Crippen LogP contribution < -0.4 is 5.32 Å². The highest BCUT2D eigenvalue weighted by Gasteiger charge is 2.63. The fourth-order valence-corrected chi connectivity index (χ4v) is 4.54. The first-order valence-electron chi connectivity index (χ1n) is 7.64. The maximum absolute atomic E-state index is 12.8. The Morgan fingerprint density at radius 1 is 1.29 bits per heavy atom. The molecule has 1 saturated heterocycles. The monoisotopic (exact) mass is 359 g/mol. The first kappa shape index (κ1) is 15.7. The minimum Gasteiger partial charge on any atom is -0.462 e. The van der Waals surface area contributed by atoms with Gasteiger partial charge in [-0.25, -0.2) is 0 Å². The summed E-state index contributed by atoms with van der Waals surface area (Å²) in [6, 6.07) is 2.76. The van der Waals surface area contributed by atoms with Gasteiger partial charge in [0.15, 0.2) is 0 Å². The highest BCUT2D eigenvalue weighted by atomic mass is 35.5.